The number of hydrogen-bond donors (Lipinski definition) is 0. The van der Waals surface area contributed by atoms with Crippen molar-refractivity contribution in [3.8, 4) is 0 Å². The molecule has 0 unspecified atom stereocenters. The van der Waals surface area contributed by atoms with Crippen LogP contribution in [0.25, 0.3) is 10.9 Å². The molecule has 7 heteroatoms. The molecule has 0 atom stereocenters. The number of thioether (sulfide) groups is 1. The Morgan fingerprint density at radius 3 is 2.76 bits per heavy atom. The second-order valence-electron chi connectivity index (χ2n) is 6.38. The van der Waals surface area contributed by atoms with Crippen LogP contribution in [0, 0.1) is 6.92 Å². The molecule has 6 nitrogen and oxygen atoms in total. The molecule has 1 aromatic carbocycles. The van der Waals surface area contributed by atoms with Crippen molar-refractivity contribution in [2.75, 3.05) is 0 Å². The zero-order valence-corrected chi connectivity index (χ0v) is 15.0. The van der Waals surface area contributed by atoms with Gasteiger partial charge in [0, 0.05) is 13.0 Å². The molecule has 1 aliphatic rings. The number of aromatic nitrogens is 4. The number of para-hydroxylation sites is 1. The van der Waals surface area contributed by atoms with Crippen LogP contribution in [0.4, 0.5) is 0 Å². The molecule has 1 fully saturated rings. The molecule has 2 heterocycles. The Kier molecular flexibility index (Phi) is 4.57. The Balaban J connectivity index is 1.75. The first-order chi connectivity index (χ1) is 12.2. The summed E-state index contributed by atoms with van der Waals surface area (Å²) in [5.41, 5.74) is 0.797. The Labute approximate surface area is 149 Å². The highest BCUT2D eigenvalue weighted by Gasteiger charge is 2.22. The number of rotatable bonds is 4. The predicted octanol–water partition coefficient (Wildman–Crippen LogP) is 3.89. The van der Waals surface area contributed by atoms with Gasteiger partial charge in [-0.2, -0.15) is 0 Å². The normalized spacial score (nSPS) is 15.7. The van der Waals surface area contributed by atoms with Crippen LogP contribution < -0.4 is 5.56 Å². The Morgan fingerprint density at radius 2 is 2.00 bits per heavy atom. The molecular formula is C18H20N4O2S. The van der Waals surface area contributed by atoms with E-state index in [4.69, 9.17) is 9.40 Å². The second kappa shape index (κ2) is 7.00. The van der Waals surface area contributed by atoms with E-state index in [2.05, 4.69) is 10.2 Å². The maximum atomic E-state index is 13.1. The molecule has 1 aliphatic carbocycles. The molecule has 130 valence electrons. The van der Waals surface area contributed by atoms with Crippen molar-refractivity contribution in [2.24, 2.45) is 0 Å². The van der Waals surface area contributed by atoms with E-state index >= 15 is 0 Å². The van der Waals surface area contributed by atoms with Crippen molar-refractivity contribution >= 4 is 22.7 Å². The Morgan fingerprint density at radius 1 is 1.20 bits per heavy atom. The monoisotopic (exact) mass is 356 g/mol. The van der Waals surface area contributed by atoms with E-state index < -0.39 is 0 Å². The summed E-state index contributed by atoms with van der Waals surface area (Å²) in [4.78, 5) is 17.9. The van der Waals surface area contributed by atoms with Gasteiger partial charge >= 0.3 is 0 Å². The minimum atomic E-state index is 0.0571. The molecule has 3 aromatic rings. The molecule has 2 aromatic heterocycles. The van der Waals surface area contributed by atoms with Gasteiger partial charge in [-0.1, -0.05) is 43.2 Å². The average molecular weight is 356 g/mol. The van der Waals surface area contributed by atoms with Crippen LogP contribution in [0.2, 0.25) is 0 Å². The number of benzene rings is 1. The van der Waals surface area contributed by atoms with Gasteiger partial charge in [0.25, 0.3) is 5.56 Å². The zero-order chi connectivity index (χ0) is 17.2. The fourth-order valence-electron chi connectivity index (χ4n) is 3.41. The van der Waals surface area contributed by atoms with Gasteiger partial charge in [0.1, 0.15) is 0 Å². The minimum Gasteiger partial charge on any atom is -0.425 e. The van der Waals surface area contributed by atoms with Crippen LogP contribution >= 0.6 is 11.8 Å². The fourth-order valence-corrected chi connectivity index (χ4v) is 4.31. The van der Waals surface area contributed by atoms with Crippen LogP contribution in [0.3, 0.4) is 0 Å². The van der Waals surface area contributed by atoms with Crippen molar-refractivity contribution in [1.29, 1.82) is 0 Å². The van der Waals surface area contributed by atoms with Gasteiger partial charge in [-0.05, 0) is 25.0 Å². The molecule has 0 saturated heterocycles. The summed E-state index contributed by atoms with van der Waals surface area (Å²) in [6.45, 7) is 1.77. The van der Waals surface area contributed by atoms with Crippen LogP contribution in [0.1, 0.15) is 49.9 Å². The molecule has 1 saturated carbocycles. The summed E-state index contributed by atoms with van der Waals surface area (Å²) in [6, 6.07) is 7.79. The third-order valence-corrected chi connectivity index (χ3v) is 5.55. The summed E-state index contributed by atoms with van der Waals surface area (Å²) in [6.07, 6.45) is 5.64. The SMILES string of the molecule is Cc1nnc(CSc2nc3ccccc3c(=O)n2C2CCCCC2)o1. The van der Waals surface area contributed by atoms with E-state index in [9.17, 15) is 4.79 Å². The van der Waals surface area contributed by atoms with Crippen molar-refractivity contribution in [2.45, 2.75) is 56.0 Å². The standard InChI is InChI=1S/C18H20N4O2S/c1-12-20-21-16(24-12)11-25-18-19-15-10-6-5-9-14(15)17(23)22(18)13-7-3-2-4-8-13/h5-6,9-10,13H,2-4,7-8,11H2,1H3. The first-order valence-electron chi connectivity index (χ1n) is 8.65. The maximum absolute atomic E-state index is 13.1. The van der Waals surface area contributed by atoms with Crippen molar-refractivity contribution in [3.63, 3.8) is 0 Å². The Hall–Kier alpha value is -2.15. The lowest BCUT2D eigenvalue weighted by Crippen LogP contribution is -2.29. The number of nitrogens with zero attached hydrogens (tertiary/aromatic N) is 4. The Bertz CT molecular complexity index is 944. The number of fused-ring (bicyclic) bond motifs is 1. The number of aryl methyl sites for hydroxylation is 1. The molecular weight excluding hydrogens is 336 g/mol. The van der Waals surface area contributed by atoms with Crippen molar-refractivity contribution in [3.05, 3.63) is 46.4 Å². The zero-order valence-electron chi connectivity index (χ0n) is 14.1. The predicted molar refractivity (Wildman–Crippen MR) is 96.7 cm³/mol. The highest BCUT2D eigenvalue weighted by atomic mass is 32.2. The summed E-state index contributed by atoms with van der Waals surface area (Å²) in [5, 5.41) is 9.32. The van der Waals surface area contributed by atoms with Gasteiger partial charge in [0.15, 0.2) is 5.16 Å². The van der Waals surface area contributed by atoms with E-state index in [1.54, 1.807) is 6.92 Å². The summed E-state index contributed by atoms with van der Waals surface area (Å²) in [5.74, 6) is 1.62. The lowest BCUT2D eigenvalue weighted by atomic mass is 9.95. The largest absolute Gasteiger partial charge is 0.425 e. The van der Waals surface area contributed by atoms with Crippen molar-refractivity contribution in [1.82, 2.24) is 19.7 Å². The fraction of sp³-hybridized carbons (Fsp3) is 0.444. The van der Waals surface area contributed by atoms with Crippen LogP contribution in [0.5, 0.6) is 0 Å². The summed E-state index contributed by atoms with van der Waals surface area (Å²) < 4.78 is 7.35. The molecule has 0 amide bonds. The first-order valence-corrected chi connectivity index (χ1v) is 9.64. The van der Waals surface area contributed by atoms with E-state index in [1.165, 1.54) is 18.2 Å². The summed E-state index contributed by atoms with van der Waals surface area (Å²) in [7, 11) is 0. The maximum Gasteiger partial charge on any atom is 0.262 e. The minimum absolute atomic E-state index is 0.0571. The lowest BCUT2D eigenvalue weighted by molar-refractivity contribution is 0.326. The molecule has 0 spiro atoms. The summed E-state index contributed by atoms with van der Waals surface area (Å²) >= 11 is 1.49. The van der Waals surface area contributed by atoms with Gasteiger partial charge < -0.3 is 4.42 Å². The molecule has 0 bridgehead atoms. The molecule has 0 N–H and O–H groups in total. The van der Waals surface area contributed by atoms with Gasteiger partial charge in [-0.15, -0.1) is 10.2 Å². The quantitative estimate of drug-likeness (QED) is 0.522. The smallest absolute Gasteiger partial charge is 0.262 e. The molecule has 25 heavy (non-hydrogen) atoms. The van der Waals surface area contributed by atoms with Gasteiger partial charge in [0.05, 0.1) is 16.7 Å². The van der Waals surface area contributed by atoms with E-state index in [1.807, 2.05) is 28.8 Å². The van der Waals surface area contributed by atoms with Crippen molar-refractivity contribution < 1.29 is 4.42 Å². The third kappa shape index (κ3) is 3.33. The van der Waals surface area contributed by atoms with Gasteiger partial charge in [-0.3, -0.25) is 9.36 Å². The number of hydrogen-bond acceptors (Lipinski definition) is 6. The van der Waals surface area contributed by atoms with Gasteiger partial charge in [0.2, 0.25) is 11.8 Å². The van der Waals surface area contributed by atoms with Crippen LogP contribution in [0.15, 0.2) is 38.6 Å². The van der Waals surface area contributed by atoms with Gasteiger partial charge in [-0.25, -0.2) is 4.98 Å². The highest BCUT2D eigenvalue weighted by molar-refractivity contribution is 7.98. The third-order valence-electron chi connectivity index (χ3n) is 4.61. The molecule has 4 rings (SSSR count). The van der Waals surface area contributed by atoms with E-state index in [0.717, 1.165) is 36.4 Å². The highest BCUT2D eigenvalue weighted by Crippen LogP contribution is 2.31. The van der Waals surface area contributed by atoms with E-state index in [0.29, 0.717) is 22.9 Å². The average Bonchev–Trinajstić information content (AvgIpc) is 3.06. The lowest BCUT2D eigenvalue weighted by Gasteiger charge is -2.26. The first kappa shape index (κ1) is 16.3. The molecule has 0 radical (unpaired) electrons. The van der Waals surface area contributed by atoms with Crippen LogP contribution in [-0.2, 0) is 5.75 Å². The van der Waals surface area contributed by atoms with E-state index in [-0.39, 0.29) is 11.6 Å². The van der Waals surface area contributed by atoms with Crippen LogP contribution in [-0.4, -0.2) is 19.7 Å². The second-order valence-corrected chi connectivity index (χ2v) is 7.32. The topological polar surface area (TPSA) is 73.8 Å². The molecule has 0 aliphatic heterocycles.